The van der Waals surface area contributed by atoms with E-state index in [1.807, 2.05) is 48.5 Å². The summed E-state index contributed by atoms with van der Waals surface area (Å²) in [4.78, 5) is 12.8. The first-order valence-electron chi connectivity index (χ1n) is 8.85. The number of hydrogen-bond donors (Lipinski definition) is 1. The van der Waals surface area contributed by atoms with Crippen LogP contribution in [0.25, 0.3) is 10.6 Å². The lowest BCUT2D eigenvalue weighted by molar-refractivity contribution is 0.102. The molecule has 5 nitrogen and oxygen atoms in total. The molecule has 0 saturated heterocycles. The zero-order valence-electron chi connectivity index (χ0n) is 15.2. The smallest absolute Gasteiger partial charge is 0.261 e. The van der Waals surface area contributed by atoms with Crippen molar-refractivity contribution in [3.8, 4) is 16.3 Å². The van der Waals surface area contributed by atoms with E-state index in [1.165, 1.54) is 11.3 Å². The summed E-state index contributed by atoms with van der Waals surface area (Å²) < 4.78 is 5.86. The van der Waals surface area contributed by atoms with Gasteiger partial charge in [0.1, 0.15) is 17.4 Å². The van der Waals surface area contributed by atoms with E-state index in [0.717, 1.165) is 11.1 Å². The van der Waals surface area contributed by atoms with Gasteiger partial charge in [-0.3, -0.25) is 10.1 Å². The number of amides is 1. The maximum absolute atomic E-state index is 12.8. The Morgan fingerprint density at radius 3 is 2.45 bits per heavy atom. The van der Waals surface area contributed by atoms with Crippen LogP contribution in [-0.2, 0) is 6.61 Å². The highest BCUT2D eigenvalue weighted by Gasteiger charge is 2.15. The molecular weight excluding hydrogens is 406 g/mol. The highest BCUT2D eigenvalue weighted by Crippen LogP contribution is 2.28. The topological polar surface area (TPSA) is 64.1 Å². The van der Waals surface area contributed by atoms with E-state index < -0.39 is 0 Å². The second-order valence-electron chi connectivity index (χ2n) is 6.14. The number of rotatable bonds is 6. The number of benzene rings is 3. The van der Waals surface area contributed by atoms with Crippen LogP contribution in [0.5, 0.6) is 5.75 Å². The Morgan fingerprint density at radius 1 is 0.931 bits per heavy atom. The van der Waals surface area contributed by atoms with Crippen molar-refractivity contribution in [3.63, 3.8) is 0 Å². The molecule has 4 rings (SSSR count). The predicted molar refractivity (Wildman–Crippen MR) is 116 cm³/mol. The fourth-order valence-electron chi connectivity index (χ4n) is 2.66. The number of nitrogens with one attached hydrogen (secondary N) is 1. The molecule has 1 N–H and O–H groups in total. The number of anilines is 1. The second-order valence-corrected chi connectivity index (χ2v) is 7.56. The molecule has 0 aliphatic carbocycles. The molecule has 0 bridgehead atoms. The fraction of sp³-hybridized carbons (Fsp3) is 0.0455. The highest BCUT2D eigenvalue weighted by molar-refractivity contribution is 7.18. The molecule has 0 aliphatic heterocycles. The molecule has 1 heterocycles. The van der Waals surface area contributed by atoms with Crippen LogP contribution in [0, 0.1) is 0 Å². The van der Waals surface area contributed by atoms with Gasteiger partial charge in [-0.1, -0.05) is 77.5 Å². The first-order valence-corrected chi connectivity index (χ1v) is 10.0. The van der Waals surface area contributed by atoms with Crippen molar-refractivity contribution in [2.75, 3.05) is 5.32 Å². The van der Waals surface area contributed by atoms with Gasteiger partial charge in [-0.25, -0.2) is 0 Å². The van der Waals surface area contributed by atoms with Gasteiger partial charge < -0.3 is 4.74 Å². The fourth-order valence-corrected chi connectivity index (χ4v) is 3.53. The van der Waals surface area contributed by atoms with Crippen molar-refractivity contribution in [3.05, 3.63) is 95.0 Å². The van der Waals surface area contributed by atoms with Crippen LogP contribution in [-0.4, -0.2) is 16.1 Å². The van der Waals surface area contributed by atoms with E-state index in [4.69, 9.17) is 16.3 Å². The summed E-state index contributed by atoms with van der Waals surface area (Å²) >= 11 is 7.21. The SMILES string of the molecule is O=C(Nc1nnc(-c2ccc(Cl)cc2)s1)c1ccccc1OCc1ccccc1. The number of carbonyl (C=O) groups is 1. The van der Waals surface area contributed by atoms with Crippen molar-refractivity contribution in [1.82, 2.24) is 10.2 Å². The van der Waals surface area contributed by atoms with Gasteiger partial charge in [0.2, 0.25) is 5.13 Å². The zero-order valence-corrected chi connectivity index (χ0v) is 16.8. The second kappa shape index (κ2) is 8.86. The maximum atomic E-state index is 12.8. The molecule has 4 aromatic rings. The molecule has 0 unspecified atom stereocenters. The van der Waals surface area contributed by atoms with Gasteiger partial charge in [-0.2, -0.15) is 0 Å². The van der Waals surface area contributed by atoms with Gasteiger partial charge in [0.15, 0.2) is 0 Å². The molecule has 7 heteroatoms. The van der Waals surface area contributed by atoms with Gasteiger partial charge >= 0.3 is 0 Å². The lowest BCUT2D eigenvalue weighted by atomic mass is 10.2. The predicted octanol–water partition coefficient (Wildman–Crippen LogP) is 5.69. The van der Waals surface area contributed by atoms with Crippen LogP contribution in [0.2, 0.25) is 5.02 Å². The summed E-state index contributed by atoms with van der Waals surface area (Å²) in [5, 5.41) is 12.8. The number of carbonyl (C=O) groups excluding carboxylic acids is 1. The molecule has 0 radical (unpaired) electrons. The van der Waals surface area contributed by atoms with E-state index in [-0.39, 0.29) is 5.91 Å². The molecule has 0 atom stereocenters. The maximum Gasteiger partial charge on any atom is 0.261 e. The first kappa shape index (κ1) is 19.1. The minimum atomic E-state index is -0.299. The number of hydrogen-bond acceptors (Lipinski definition) is 5. The summed E-state index contributed by atoms with van der Waals surface area (Å²) in [7, 11) is 0. The van der Waals surface area contributed by atoms with Crippen molar-refractivity contribution in [2.24, 2.45) is 0 Å². The minimum absolute atomic E-state index is 0.299. The van der Waals surface area contributed by atoms with Crippen LogP contribution < -0.4 is 10.1 Å². The summed E-state index contributed by atoms with van der Waals surface area (Å²) in [6, 6.07) is 24.2. The monoisotopic (exact) mass is 421 g/mol. The number of aromatic nitrogens is 2. The first-order chi connectivity index (χ1) is 14.2. The van der Waals surface area contributed by atoms with E-state index in [9.17, 15) is 4.79 Å². The van der Waals surface area contributed by atoms with Gasteiger partial charge in [-0.05, 0) is 29.8 Å². The normalized spacial score (nSPS) is 10.5. The Morgan fingerprint density at radius 2 is 1.66 bits per heavy atom. The third kappa shape index (κ3) is 4.80. The number of nitrogens with zero attached hydrogens (tertiary/aromatic N) is 2. The molecule has 0 fully saturated rings. The quantitative estimate of drug-likeness (QED) is 0.434. The third-order valence-corrected chi connectivity index (χ3v) is 5.25. The molecule has 3 aromatic carbocycles. The van der Waals surface area contributed by atoms with Crippen LogP contribution in [0.4, 0.5) is 5.13 Å². The van der Waals surface area contributed by atoms with Crippen molar-refractivity contribution >= 4 is 34.0 Å². The van der Waals surface area contributed by atoms with Gasteiger partial charge in [0, 0.05) is 10.6 Å². The van der Waals surface area contributed by atoms with E-state index in [0.29, 0.717) is 33.1 Å². The van der Waals surface area contributed by atoms with Gasteiger partial charge in [-0.15, -0.1) is 10.2 Å². The lowest BCUT2D eigenvalue weighted by Crippen LogP contribution is -2.13. The summed E-state index contributed by atoms with van der Waals surface area (Å²) in [5.74, 6) is 0.212. The van der Waals surface area contributed by atoms with Crippen LogP contribution in [0.3, 0.4) is 0 Å². The Hall–Kier alpha value is -3.22. The van der Waals surface area contributed by atoms with Crippen molar-refractivity contribution in [2.45, 2.75) is 6.61 Å². The van der Waals surface area contributed by atoms with E-state index in [2.05, 4.69) is 15.5 Å². The Labute approximate surface area is 177 Å². The van der Waals surface area contributed by atoms with E-state index >= 15 is 0 Å². The number of ether oxygens (including phenoxy) is 1. The molecule has 0 aliphatic rings. The van der Waals surface area contributed by atoms with Crippen molar-refractivity contribution in [1.29, 1.82) is 0 Å². The van der Waals surface area contributed by atoms with Gasteiger partial charge in [0.25, 0.3) is 5.91 Å². The number of para-hydroxylation sites is 1. The summed E-state index contributed by atoms with van der Waals surface area (Å²) in [5.41, 5.74) is 2.35. The van der Waals surface area contributed by atoms with Crippen LogP contribution >= 0.6 is 22.9 Å². The molecule has 0 saturated carbocycles. The van der Waals surface area contributed by atoms with Gasteiger partial charge in [0.05, 0.1) is 5.56 Å². The molecule has 144 valence electrons. The molecule has 1 aromatic heterocycles. The lowest BCUT2D eigenvalue weighted by Gasteiger charge is -2.10. The molecule has 0 spiro atoms. The Bertz CT molecular complexity index is 1110. The molecule has 1 amide bonds. The standard InChI is InChI=1S/C22H16ClN3O2S/c23-17-12-10-16(11-13-17)21-25-26-22(29-21)24-20(27)18-8-4-5-9-19(18)28-14-15-6-2-1-3-7-15/h1-13H,14H2,(H,24,26,27). The minimum Gasteiger partial charge on any atom is -0.488 e. The van der Waals surface area contributed by atoms with Crippen molar-refractivity contribution < 1.29 is 9.53 Å². The Balaban J connectivity index is 1.47. The average Bonchev–Trinajstić information content (AvgIpc) is 3.22. The average molecular weight is 422 g/mol. The van der Waals surface area contributed by atoms with E-state index in [1.54, 1.807) is 30.3 Å². The zero-order chi connectivity index (χ0) is 20.1. The highest BCUT2D eigenvalue weighted by atomic mass is 35.5. The Kier molecular flexibility index (Phi) is 5.84. The molecular formula is C22H16ClN3O2S. The van der Waals surface area contributed by atoms with Crippen LogP contribution in [0.1, 0.15) is 15.9 Å². The van der Waals surface area contributed by atoms with Crippen LogP contribution in [0.15, 0.2) is 78.9 Å². The summed E-state index contributed by atoms with van der Waals surface area (Å²) in [6.07, 6.45) is 0. The third-order valence-electron chi connectivity index (χ3n) is 4.11. The summed E-state index contributed by atoms with van der Waals surface area (Å²) in [6.45, 7) is 0.380. The largest absolute Gasteiger partial charge is 0.488 e. The molecule has 29 heavy (non-hydrogen) atoms. The number of halogens is 1.